The molecular weight excluding hydrogens is 372 g/mol. The minimum atomic E-state index is 0.621. The van der Waals surface area contributed by atoms with Crippen LogP contribution in [0.4, 0.5) is 0 Å². The first kappa shape index (κ1) is 22.1. The quantitative estimate of drug-likeness (QED) is 0.340. The van der Waals surface area contributed by atoms with E-state index in [2.05, 4.69) is 49.7 Å². The summed E-state index contributed by atoms with van der Waals surface area (Å²) in [4.78, 5) is 7.03. The van der Waals surface area contributed by atoms with Crippen molar-refractivity contribution in [2.75, 3.05) is 26.2 Å². The first-order chi connectivity index (χ1) is 14.6. The molecule has 3 aromatic rings. The Hall–Kier alpha value is -2.59. The van der Waals surface area contributed by atoms with Gasteiger partial charge >= 0.3 is 0 Å². The van der Waals surface area contributed by atoms with E-state index in [1.165, 1.54) is 25.9 Å². The van der Waals surface area contributed by atoms with Crippen molar-refractivity contribution in [3.63, 3.8) is 0 Å². The lowest BCUT2D eigenvalue weighted by atomic mass is 10.1. The van der Waals surface area contributed by atoms with Crippen LogP contribution < -0.4 is 4.74 Å². The number of aryl methyl sites for hydroxylation is 2. The molecule has 0 bridgehead atoms. The maximum absolute atomic E-state index is 6.15. The Kier molecular flexibility index (Phi) is 8.09. The zero-order valence-corrected chi connectivity index (χ0v) is 18.8. The van der Waals surface area contributed by atoms with Gasteiger partial charge in [-0.1, -0.05) is 26.0 Å². The van der Waals surface area contributed by atoms with Crippen molar-refractivity contribution in [3.8, 4) is 5.75 Å². The molecule has 4 nitrogen and oxygen atoms in total. The highest BCUT2D eigenvalue weighted by molar-refractivity contribution is 5.76. The van der Waals surface area contributed by atoms with Gasteiger partial charge in [-0.15, -0.1) is 0 Å². The Labute approximate surface area is 180 Å². The second-order valence-electron chi connectivity index (χ2n) is 7.88. The van der Waals surface area contributed by atoms with Gasteiger partial charge < -0.3 is 14.1 Å². The molecule has 30 heavy (non-hydrogen) atoms. The van der Waals surface area contributed by atoms with Gasteiger partial charge in [0.25, 0.3) is 0 Å². The molecular formula is C26H34N2O2. The molecule has 0 radical (unpaired) electrons. The second kappa shape index (κ2) is 11.0. The maximum atomic E-state index is 6.15. The van der Waals surface area contributed by atoms with Crippen LogP contribution in [0.2, 0.25) is 0 Å². The number of hydrogen-bond acceptors (Lipinski definition) is 4. The van der Waals surface area contributed by atoms with Gasteiger partial charge in [-0.25, -0.2) is 4.98 Å². The van der Waals surface area contributed by atoms with Gasteiger partial charge in [0.05, 0.1) is 6.61 Å². The summed E-state index contributed by atoms with van der Waals surface area (Å²) < 4.78 is 11.9. The van der Waals surface area contributed by atoms with Gasteiger partial charge in [0.2, 0.25) is 5.89 Å². The zero-order chi connectivity index (χ0) is 21.3. The van der Waals surface area contributed by atoms with E-state index in [0.29, 0.717) is 5.89 Å². The van der Waals surface area contributed by atoms with Gasteiger partial charge in [-0.3, -0.25) is 0 Å². The van der Waals surface area contributed by atoms with Gasteiger partial charge in [0.15, 0.2) is 5.58 Å². The third kappa shape index (κ3) is 5.96. The van der Waals surface area contributed by atoms with E-state index in [9.17, 15) is 0 Å². The first-order valence-electron chi connectivity index (χ1n) is 11.1. The van der Waals surface area contributed by atoms with Gasteiger partial charge in [0, 0.05) is 12.6 Å². The van der Waals surface area contributed by atoms with Crippen molar-refractivity contribution in [2.24, 2.45) is 0 Å². The topological polar surface area (TPSA) is 38.5 Å². The fraction of sp³-hybridized carbons (Fsp3) is 0.423. The SMILES string of the molecule is CCCN(CCC)CCCOc1c(C)cc(/C=C/c2nc3ccccc3o2)cc1C. The lowest BCUT2D eigenvalue weighted by Crippen LogP contribution is -2.27. The largest absolute Gasteiger partial charge is 0.493 e. The summed E-state index contributed by atoms with van der Waals surface area (Å²) >= 11 is 0. The normalized spacial score (nSPS) is 11.8. The molecule has 2 aromatic carbocycles. The van der Waals surface area contributed by atoms with E-state index >= 15 is 0 Å². The number of hydrogen-bond donors (Lipinski definition) is 0. The molecule has 1 aromatic heterocycles. The molecule has 0 atom stereocenters. The van der Waals surface area contributed by atoms with Gasteiger partial charge in [-0.2, -0.15) is 0 Å². The smallest absolute Gasteiger partial charge is 0.220 e. The molecule has 0 amide bonds. The molecule has 3 rings (SSSR count). The molecule has 0 saturated heterocycles. The summed E-state index contributed by atoms with van der Waals surface area (Å²) in [6, 6.07) is 12.1. The van der Waals surface area contributed by atoms with E-state index in [4.69, 9.17) is 9.15 Å². The van der Waals surface area contributed by atoms with Crippen molar-refractivity contribution < 1.29 is 9.15 Å². The molecule has 0 saturated carbocycles. The van der Waals surface area contributed by atoms with Crippen LogP contribution in [0, 0.1) is 13.8 Å². The van der Waals surface area contributed by atoms with Crippen molar-refractivity contribution >= 4 is 23.3 Å². The first-order valence-corrected chi connectivity index (χ1v) is 11.1. The lowest BCUT2D eigenvalue weighted by Gasteiger charge is -2.21. The number of benzene rings is 2. The van der Waals surface area contributed by atoms with Crippen LogP contribution in [0.5, 0.6) is 5.75 Å². The highest BCUT2D eigenvalue weighted by atomic mass is 16.5. The second-order valence-corrected chi connectivity index (χ2v) is 7.88. The molecule has 0 aliphatic heterocycles. The van der Waals surface area contributed by atoms with Crippen LogP contribution in [-0.4, -0.2) is 36.1 Å². The minimum absolute atomic E-state index is 0.621. The Bertz CT molecular complexity index is 912. The van der Waals surface area contributed by atoms with E-state index in [1.807, 2.05) is 36.4 Å². The average Bonchev–Trinajstić information content (AvgIpc) is 3.14. The Morgan fingerprint density at radius 3 is 2.33 bits per heavy atom. The molecule has 0 aliphatic carbocycles. The van der Waals surface area contributed by atoms with E-state index < -0.39 is 0 Å². The third-order valence-corrected chi connectivity index (χ3v) is 5.16. The molecule has 160 valence electrons. The summed E-state index contributed by atoms with van der Waals surface area (Å²) in [7, 11) is 0. The molecule has 0 spiro atoms. The number of para-hydroxylation sites is 2. The Morgan fingerprint density at radius 1 is 0.967 bits per heavy atom. The number of rotatable bonds is 11. The summed E-state index contributed by atoms with van der Waals surface area (Å²) in [5, 5.41) is 0. The summed E-state index contributed by atoms with van der Waals surface area (Å²) in [6.07, 6.45) is 7.43. The van der Waals surface area contributed by atoms with Crippen LogP contribution in [0.25, 0.3) is 23.3 Å². The van der Waals surface area contributed by atoms with Crippen molar-refractivity contribution in [1.29, 1.82) is 0 Å². The summed E-state index contributed by atoms with van der Waals surface area (Å²) in [6.45, 7) is 12.9. The van der Waals surface area contributed by atoms with Crippen LogP contribution >= 0.6 is 0 Å². The van der Waals surface area contributed by atoms with Gasteiger partial charge in [-0.05, 0) is 93.2 Å². The van der Waals surface area contributed by atoms with Crippen LogP contribution in [0.1, 0.15) is 55.7 Å². The van der Waals surface area contributed by atoms with Crippen molar-refractivity contribution in [3.05, 3.63) is 59.0 Å². The van der Waals surface area contributed by atoms with E-state index in [-0.39, 0.29) is 0 Å². The third-order valence-electron chi connectivity index (χ3n) is 5.16. The number of fused-ring (bicyclic) bond motifs is 1. The maximum Gasteiger partial charge on any atom is 0.220 e. The van der Waals surface area contributed by atoms with Crippen molar-refractivity contribution in [2.45, 2.75) is 47.0 Å². The Balaban J connectivity index is 1.59. The molecule has 0 unspecified atom stereocenters. The van der Waals surface area contributed by atoms with Crippen LogP contribution in [-0.2, 0) is 0 Å². The number of nitrogens with zero attached hydrogens (tertiary/aromatic N) is 2. The van der Waals surface area contributed by atoms with Crippen LogP contribution in [0.3, 0.4) is 0 Å². The molecule has 4 heteroatoms. The molecule has 0 aliphatic rings. The van der Waals surface area contributed by atoms with Crippen LogP contribution in [0.15, 0.2) is 40.8 Å². The van der Waals surface area contributed by atoms with E-state index in [0.717, 1.165) is 53.1 Å². The summed E-state index contributed by atoms with van der Waals surface area (Å²) in [5.41, 5.74) is 5.13. The molecule has 0 N–H and O–H groups in total. The van der Waals surface area contributed by atoms with Crippen molar-refractivity contribution in [1.82, 2.24) is 9.88 Å². The highest BCUT2D eigenvalue weighted by Crippen LogP contribution is 2.26. The Morgan fingerprint density at radius 2 is 1.67 bits per heavy atom. The number of oxazole rings is 1. The molecule has 0 fully saturated rings. The van der Waals surface area contributed by atoms with E-state index in [1.54, 1.807) is 0 Å². The predicted octanol–water partition coefficient (Wildman–Crippen LogP) is 6.51. The number of aromatic nitrogens is 1. The fourth-order valence-corrected chi connectivity index (χ4v) is 3.87. The standard InChI is InChI=1S/C26H34N2O2/c1-5-14-28(15-6-2)16-9-17-29-26-20(3)18-22(19-21(26)4)12-13-25-27-23-10-7-8-11-24(23)30-25/h7-8,10-13,18-19H,5-6,9,14-17H2,1-4H3/b13-12+. The fourth-order valence-electron chi connectivity index (χ4n) is 3.87. The lowest BCUT2D eigenvalue weighted by molar-refractivity contribution is 0.233. The monoisotopic (exact) mass is 406 g/mol. The predicted molar refractivity (Wildman–Crippen MR) is 126 cm³/mol. The summed E-state index contributed by atoms with van der Waals surface area (Å²) in [5.74, 6) is 1.63. The number of ether oxygens (including phenoxy) is 1. The molecule has 1 heterocycles. The average molecular weight is 407 g/mol. The minimum Gasteiger partial charge on any atom is -0.493 e. The van der Waals surface area contributed by atoms with Gasteiger partial charge in [0.1, 0.15) is 11.3 Å². The zero-order valence-electron chi connectivity index (χ0n) is 18.8. The highest BCUT2D eigenvalue weighted by Gasteiger charge is 2.08.